The average molecular weight is 214 g/mol. The van der Waals surface area contributed by atoms with Gasteiger partial charge < -0.3 is 14.3 Å². The highest BCUT2D eigenvalue weighted by atomic mass is 16.5. The highest BCUT2D eigenvalue weighted by Gasteiger charge is 2.49. The first-order valence-corrected chi connectivity index (χ1v) is 5.08. The molecule has 0 amide bonds. The van der Waals surface area contributed by atoms with E-state index in [1.54, 1.807) is 6.92 Å². The summed E-state index contributed by atoms with van der Waals surface area (Å²) in [6.07, 6.45) is 1.70. The summed E-state index contributed by atoms with van der Waals surface area (Å²) in [5.74, 6) is -0.190. The van der Waals surface area contributed by atoms with Crippen molar-refractivity contribution in [2.45, 2.75) is 44.8 Å². The first kappa shape index (κ1) is 12.2. The smallest absolute Gasteiger partial charge is 0.308 e. The lowest BCUT2D eigenvalue weighted by Crippen LogP contribution is -2.36. The van der Waals surface area contributed by atoms with Gasteiger partial charge in [-0.05, 0) is 26.2 Å². The summed E-state index contributed by atoms with van der Waals surface area (Å²) in [5.41, 5.74) is -1.36. The molecule has 1 saturated heterocycles. The molecule has 0 radical (unpaired) electrons. The fourth-order valence-corrected chi connectivity index (χ4v) is 2.15. The van der Waals surface area contributed by atoms with E-state index in [-0.39, 0.29) is 18.3 Å². The first-order valence-electron chi connectivity index (χ1n) is 5.08. The zero-order valence-electron chi connectivity index (χ0n) is 9.70. The van der Waals surface area contributed by atoms with E-state index in [0.29, 0.717) is 6.42 Å². The maximum absolute atomic E-state index is 11.2. The monoisotopic (exact) mass is 214 g/mol. The number of carbonyl (C=O) groups is 2. The molecule has 1 fully saturated rings. The van der Waals surface area contributed by atoms with Crippen LogP contribution in [0.5, 0.6) is 0 Å². The summed E-state index contributed by atoms with van der Waals surface area (Å²) >= 11 is 0. The van der Waals surface area contributed by atoms with Gasteiger partial charge in [0, 0.05) is 0 Å². The molecule has 0 aliphatic carbocycles. The second-order valence-electron chi connectivity index (χ2n) is 4.71. The van der Waals surface area contributed by atoms with E-state index < -0.39 is 11.2 Å². The largest absolute Gasteiger partial charge is 0.469 e. The Bertz CT molecular complexity index is 276. The predicted octanol–water partition coefficient (Wildman–Crippen LogP) is 1.32. The van der Waals surface area contributed by atoms with Crippen LogP contribution in [0, 0.1) is 5.92 Å². The molecule has 0 aromatic heterocycles. The number of esters is 1. The van der Waals surface area contributed by atoms with E-state index in [9.17, 15) is 9.59 Å². The van der Waals surface area contributed by atoms with E-state index in [2.05, 4.69) is 4.74 Å². The number of ether oxygens (including phenoxy) is 2. The minimum absolute atomic E-state index is 0.115. The van der Waals surface area contributed by atoms with E-state index in [0.717, 1.165) is 6.29 Å². The summed E-state index contributed by atoms with van der Waals surface area (Å²) in [4.78, 5) is 22.1. The molecule has 1 aliphatic heterocycles. The van der Waals surface area contributed by atoms with Crippen LogP contribution in [0.3, 0.4) is 0 Å². The standard InChI is InChI=1S/C11H18O4/c1-8-5-10(2,6-9(13)14-4)15-11(8,3)7-12/h7-8H,5-6H2,1-4H3/t8-,10+,11+/m0/s1. The van der Waals surface area contributed by atoms with Crippen LogP contribution in [-0.2, 0) is 19.1 Å². The van der Waals surface area contributed by atoms with Crippen LogP contribution < -0.4 is 0 Å². The minimum Gasteiger partial charge on any atom is -0.469 e. The van der Waals surface area contributed by atoms with Gasteiger partial charge in [0.25, 0.3) is 0 Å². The molecule has 3 atom stereocenters. The maximum atomic E-state index is 11.2. The number of methoxy groups -OCH3 is 1. The van der Waals surface area contributed by atoms with Gasteiger partial charge in [-0.2, -0.15) is 0 Å². The lowest BCUT2D eigenvalue weighted by molar-refractivity contribution is -0.155. The molecular formula is C11H18O4. The third-order valence-corrected chi connectivity index (χ3v) is 3.16. The maximum Gasteiger partial charge on any atom is 0.308 e. The van der Waals surface area contributed by atoms with Gasteiger partial charge in [-0.15, -0.1) is 0 Å². The highest BCUT2D eigenvalue weighted by molar-refractivity contribution is 5.71. The van der Waals surface area contributed by atoms with E-state index in [1.807, 2.05) is 13.8 Å². The fraction of sp³-hybridized carbons (Fsp3) is 0.818. The van der Waals surface area contributed by atoms with Crippen molar-refractivity contribution in [2.24, 2.45) is 5.92 Å². The van der Waals surface area contributed by atoms with Crippen molar-refractivity contribution in [1.29, 1.82) is 0 Å². The number of aldehydes is 1. The molecular weight excluding hydrogens is 196 g/mol. The number of hydrogen-bond acceptors (Lipinski definition) is 4. The normalized spacial score (nSPS) is 40.1. The SMILES string of the molecule is COC(=O)C[C@@]1(C)C[C@H](C)[C@@](C)(C=O)O1. The van der Waals surface area contributed by atoms with E-state index >= 15 is 0 Å². The van der Waals surface area contributed by atoms with Crippen LogP contribution in [0.4, 0.5) is 0 Å². The van der Waals surface area contributed by atoms with Crippen LogP contribution >= 0.6 is 0 Å². The van der Waals surface area contributed by atoms with Crippen LogP contribution in [0.15, 0.2) is 0 Å². The van der Waals surface area contributed by atoms with Crippen molar-refractivity contribution in [3.63, 3.8) is 0 Å². The molecule has 1 aliphatic rings. The number of rotatable bonds is 3. The van der Waals surface area contributed by atoms with Crippen LogP contribution in [-0.4, -0.2) is 30.6 Å². The minimum atomic E-state index is -0.775. The Kier molecular flexibility index (Phi) is 3.19. The second kappa shape index (κ2) is 3.93. The molecule has 0 unspecified atom stereocenters. The topological polar surface area (TPSA) is 52.6 Å². The highest BCUT2D eigenvalue weighted by Crippen LogP contribution is 2.42. The van der Waals surface area contributed by atoms with Crippen molar-refractivity contribution >= 4 is 12.3 Å². The summed E-state index contributed by atoms with van der Waals surface area (Å²) in [6, 6.07) is 0. The number of hydrogen-bond donors (Lipinski definition) is 0. The molecule has 0 saturated carbocycles. The molecule has 0 aromatic rings. The zero-order chi connectivity index (χ0) is 11.7. The average Bonchev–Trinajstić information content (AvgIpc) is 2.38. The Morgan fingerprint density at radius 3 is 2.60 bits per heavy atom. The van der Waals surface area contributed by atoms with Gasteiger partial charge >= 0.3 is 5.97 Å². The lowest BCUT2D eigenvalue weighted by Gasteiger charge is -2.26. The molecule has 0 aromatic carbocycles. The Balaban J connectivity index is 2.75. The Morgan fingerprint density at radius 2 is 2.20 bits per heavy atom. The Labute approximate surface area is 89.9 Å². The van der Waals surface area contributed by atoms with Crippen LogP contribution in [0.25, 0.3) is 0 Å². The first-order chi connectivity index (χ1) is 6.85. The van der Waals surface area contributed by atoms with E-state index in [4.69, 9.17) is 4.74 Å². The third-order valence-electron chi connectivity index (χ3n) is 3.16. The second-order valence-corrected chi connectivity index (χ2v) is 4.71. The van der Waals surface area contributed by atoms with Gasteiger partial charge in [0.15, 0.2) is 6.29 Å². The van der Waals surface area contributed by atoms with Gasteiger partial charge in [-0.25, -0.2) is 0 Å². The third kappa shape index (κ3) is 2.37. The summed E-state index contributed by atoms with van der Waals surface area (Å²) in [6.45, 7) is 5.55. The van der Waals surface area contributed by atoms with Gasteiger partial charge in [-0.3, -0.25) is 4.79 Å². The molecule has 4 nitrogen and oxygen atoms in total. The van der Waals surface area contributed by atoms with Gasteiger partial charge in [0.05, 0.1) is 19.1 Å². The molecule has 1 heterocycles. The Morgan fingerprint density at radius 1 is 1.60 bits per heavy atom. The van der Waals surface area contributed by atoms with E-state index in [1.165, 1.54) is 7.11 Å². The van der Waals surface area contributed by atoms with Crippen molar-refractivity contribution in [3.05, 3.63) is 0 Å². The van der Waals surface area contributed by atoms with Crippen molar-refractivity contribution in [2.75, 3.05) is 7.11 Å². The van der Waals surface area contributed by atoms with Crippen molar-refractivity contribution in [3.8, 4) is 0 Å². The quantitative estimate of drug-likeness (QED) is 0.525. The zero-order valence-corrected chi connectivity index (χ0v) is 9.70. The van der Waals surface area contributed by atoms with Gasteiger partial charge in [0.1, 0.15) is 5.60 Å². The molecule has 15 heavy (non-hydrogen) atoms. The molecule has 4 heteroatoms. The molecule has 86 valence electrons. The summed E-state index contributed by atoms with van der Waals surface area (Å²) < 4.78 is 10.3. The van der Waals surface area contributed by atoms with Crippen LogP contribution in [0.1, 0.15) is 33.6 Å². The number of carbonyl (C=O) groups excluding carboxylic acids is 2. The lowest BCUT2D eigenvalue weighted by atomic mass is 9.87. The van der Waals surface area contributed by atoms with Crippen molar-refractivity contribution < 1.29 is 19.1 Å². The molecule has 1 rings (SSSR count). The predicted molar refractivity (Wildman–Crippen MR) is 54.4 cm³/mol. The summed E-state index contributed by atoms with van der Waals surface area (Å²) in [7, 11) is 1.35. The van der Waals surface area contributed by atoms with Crippen LogP contribution in [0.2, 0.25) is 0 Å². The molecule has 0 bridgehead atoms. The Hall–Kier alpha value is -0.900. The molecule has 0 spiro atoms. The van der Waals surface area contributed by atoms with Gasteiger partial charge in [-0.1, -0.05) is 6.92 Å². The molecule has 0 N–H and O–H groups in total. The summed E-state index contributed by atoms with van der Waals surface area (Å²) in [5, 5.41) is 0. The van der Waals surface area contributed by atoms with Gasteiger partial charge in [0.2, 0.25) is 0 Å². The fourth-order valence-electron chi connectivity index (χ4n) is 2.15. The van der Waals surface area contributed by atoms with Crippen molar-refractivity contribution in [1.82, 2.24) is 0 Å².